The van der Waals surface area contributed by atoms with Gasteiger partial charge in [-0.15, -0.1) is 0 Å². The normalized spacial score (nSPS) is 12.7. The van der Waals surface area contributed by atoms with Crippen molar-refractivity contribution in [2.45, 2.75) is 29.8 Å². The van der Waals surface area contributed by atoms with Crippen molar-refractivity contribution in [1.29, 1.82) is 0 Å². The highest BCUT2D eigenvalue weighted by Gasteiger charge is 2.32. The Kier molecular flexibility index (Phi) is 9.94. The average molecular weight is 579 g/mol. The van der Waals surface area contributed by atoms with Crippen molar-refractivity contribution in [3.8, 4) is 0 Å². The van der Waals surface area contributed by atoms with Crippen molar-refractivity contribution < 1.29 is 31.5 Å². The van der Waals surface area contributed by atoms with Crippen LogP contribution < -0.4 is 10.0 Å². The summed E-state index contributed by atoms with van der Waals surface area (Å²) in [5, 5.41) is 2.86. The predicted octanol–water partition coefficient (Wildman–Crippen LogP) is 4.44. The molecule has 0 fully saturated rings. The second-order valence-electron chi connectivity index (χ2n) is 9.27. The molecule has 0 heterocycles. The lowest BCUT2D eigenvalue weighted by molar-refractivity contribution is -0.146. The zero-order chi connectivity index (χ0) is 29.2. The molecule has 1 amide bonds. The zero-order valence-electron chi connectivity index (χ0n) is 21.9. The van der Waals surface area contributed by atoms with E-state index in [0.717, 1.165) is 23.8 Å². The number of hydrogen-bond acceptors (Lipinski definition) is 5. The lowest BCUT2D eigenvalue weighted by Gasteiger charge is -2.22. The summed E-state index contributed by atoms with van der Waals surface area (Å²) in [6, 6.07) is 26.8. The van der Waals surface area contributed by atoms with Gasteiger partial charge in [0.25, 0.3) is 5.91 Å². The molecule has 2 N–H and O–H groups in total. The molecule has 0 aliphatic carbocycles. The van der Waals surface area contributed by atoms with Gasteiger partial charge in [0, 0.05) is 5.56 Å². The van der Waals surface area contributed by atoms with Crippen LogP contribution in [0.15, 0.2) is 114 Å². The van der Waals surface area contributed by atoms with E-state index in [1.165, 1.54) is 0 Å². The molecule has 4 aromatic rings. The zero-order valence-corrected chi connectivity index (χ0v) is 22.7. The molecule has 0 spiro atoms. The number of ether oxygens (including phenoxy) is 1. The molecule has 0 unspecified atom stereocenters. The lowest BCUT2D eigenvalue weighted by Crippen LogP contribution is -2.46. The van der Waals surface area contributed by atoms with Gasteiger partial charge in [0.05, 0.1) is 6.04 Å². The summed E-state index contributed by atoms with van der Waals surface area (Å²) in [6.45, 7) is -0.284. The number of amides is 1. The molecule has 0 radical (unpaired) electrons. The number of benzene rings is 4. The Balaban J connectivity index is 1.54. The quantitative estimate of drug-likeness (QED) is 0.242. The highest BCUT2D eigenvalue weighted by molar-refractivity contribution is 7.89. The molecule has 7 nitrogen and oxygen atoms in total. The standard InChI is InChI=1S/C31H28F2N2O5S/c32-26-17-10-18-27(33)29(26)41(38,39)35-28(20-23-13-6-2-7-14-23)31(37)40-21-25(19-22-11-4-1-5-12-22)34-30(36)24-15-8-3-9-16-24/h1-18,25,28,35H,19-21H2,(H,34,36)/t25-,28-/m1/s1. The van der Waals surface area contributed by atoms with Crippen molar-refractivity contribution in [2.75, 3.05) is 6.61 Å². The average Bonchev–Trinajstić information content (AvgIpc) is 2.96. The van der Waals surface area contributed by atoms with Gasteiger partial charge in [0.1, 0.15) is 24.3 Å². The van der Waals surface area contributed by atoms with E-state index < -0.39 is 44.6 Å². The number of carbonyl (C=O) groups excluding carboxylic acids is 2. The molecule has 0 aliphatic rings. The number of esters is 1. The molecule has 4 rings (SSSR count). The maximum absolute atomic E-state index is 14.3. The van der Waals surface area contributed by atoms with Gasteiger partial charge in [-0.2, -0.15) is 4.72 Å². The monoisotopic (exact) mass is 578 g/mol. The SMILES string of the molecule is O=C(N[C@@H](COC(=O)[C@@H](Cc1ccccc1)NS(=O)(=O)c1c(F)cccc1F)Cc1ccccc1)c1ccccc1. The second-order valence-corrected chi connectivity index (χ2v) is 10.9. The highest BCUT2D eigenvalue weighted by Crippen LogP contribution is 2.19. The molecule has 4 aromatic carbocycles. The largest absolute Gasteiger partial charge is 0.462 e. The minimum Gasteiger partial charge on any atom is -0.462 e. The number of carbonyl (C=O) groups is 2. The molecule has 0 aromatic heterocycles. The fourth-order valence-electron chi connectivity index (χ4n) is 4.20. The van der Waals surface area contributed by atoms with Gasteiger partial charge in [-0.05, 0) is 48.2 Å². The number of nitrogens with one attached hydrogen (secondary N) is 2. The Morgan fingerprint density at radius 3 is 1.78 bits per heavy atom. The fraction of sp³-hybridized carbons (Fsp3) is 0.161. The molecule has 10 heteroatoms. The third-order valence-corrected chi connectivity index (χ3v) is 7.70. The highest BCUT2D eigenvalue weighted by atomic mass is 32.2. The summed E-state index contributed by atoms with van der Waals surface area (Å²) in [4.78, 5) is 25.0. The van der Waals surface area contributed by atoms with Crippen LogP contribution >= 0.6 is 0 Å². The van der Waals surface area contributed by atoms with Gasteiger partial charge in [-0.1, -0.05) is 84.9 Å². The van der Waals surface area contributed by atoms with E-state index in [1.54, 1.807) is 60.7 Å². The molecule has 212 valence electrons. The van der Waals surface area contributed by atoms with Crippen LogP contribution in [0.2, 0.25) is 0 Å². The summed E-state index contributed by atoms with van der Waals surface area (Å²) < 4.78 is 62.3. The van der Waals surface area contributed by atoms with Gasteiger partial charge in [0.2, 0.25) is 10.0 Å². The number of halogens is 2. The van der Waals surface area contributed by atoms with Gasteiger partial charge in [-0.3, -0.25) is 9.59 Å². The first-order valence-corrected chi connectivity index (χ1v) is 14.3. The van der Waals surface area contributed by atoms with E-state index in [0.29, 0.717) is 17.5 Å². The molecule has 0 saturated heterocycles. The van der Waals surface area contributed by atoms with Crippen LogP contribution in [0.25, 0.3) is 0 Å². The molecule has 0 bridgehead atoms. The first-order chi connectivity index (χ1) is 19.7. The Hall–Kier alpha value is -4.41. The molecular formula is C31H28F2N2O5S. The first kappa shape index (κ1) is 29.6. The van der Waals surface area contributed by atoms with Crippen LogP contribution in [0.3, 0.4) is 0 Å². The van der Waals surface area contributed by atoms with Crippen LogP contribution in [-0.4, -0.2) is 39.0 Å². The maximum Gasteiger partial charge on any atom is 0.324 e. The fourth-order valence-corrected chi connectivity index (χ4v) is 5.52. The Morgan fingerprint density at radius 1 is 0.707 bits per heavy atom. The van der Waals surface area contributed by atoms with Crippen molar-refractivity contribution in [3.05, 3.63) is 138 Å². The smallest absolute Gasteiger partial charge is 0.324 e. The third-order valence-electron chi connectivity index (χ3n) is 6.18. The Labute approximate surface area is 237 Å². The molecule has 0 aliphatic heterocycles. The summed E-state index contributed by atoms with van der Waals surface area (Å²) >= 11 is 0. The third kappa shape index (κ3) is 8.29. The number of rotatable bonds is 12. The van der Waals surface area contributed by atoms with Crippen molar-refractivity contribution in [1.82, 2.24) is 10.0 Å². The van der Waals surface area contributed by atoms with Crippen molar-refractivity contribution >= 4 is 21.9 Å². The van der Waals surface area contributed by atoms with E-state index in [-0.39, 0.29) is 18.9 Å². The summed E-state index contributed by atoms with van der Waals surface area (Å²) in [6.07, 6.45) is 0.177. The molecule has 0 saturated carbocycles. The van der Waals surface area contributed by atoms with E-state index >= 15 is 0 Å². The lowest BCUT2D eigenvalue weighted by atomic mass is 10.1. The summed E-state index contributed by atoms with van der Waals surface area (Å²) in [5.74, 6) is -3.94. The molecule has 2 atom stereocenters. The van der Waals surface area contributed by atoms with E-state index in [4.69, 9.17) is 4.74 Å². The van der Waals surface area contributed by atoms with Crippen molar-refractivity contribution in [2.24, 2.45) is 0 Å². The topological polar surface area (TPSA) is 102 Å². The van der Waals surface area contributed by atoms with Gasteiger partial charge >= 0.3 is 5.97 Å². The minimum absolute atomic E-state index is 0.144. The number of hydrogen-bond donors (Lipinski definition) is 2. The van der Waals surface area contributed by atoms with Crippen LogP contribution in [0.1, 0.15) is 21.5 Å². The van der Waals surface area contributed by atoms with E-state index in [2.05, 4.69) is 10.0 Å². The summed E-state index contributed by atoms with van der Waals surface area (Å²) in [7, 11) is -4.80. The number of sulfonamides is 1. The molecular weight excluding hydrogens is 550 g/mol. The van der Waals surface area contributed by atoms with Crippen LogP contribution in [0.5, 0.6) is 0 Å². The van der Waals surface area contributed by atoms with Gasteiger partial charge in [-0.25, -0.2) is 17.2 Å². The predicted molar refractivity (Wildman–Crippen MR) is 149 cm³/mol. The Bertz CT molecular complexity index is 1550. The summed E-state index contributed by atoms with van der Waals surface area (Å²) in [5.41, 5.74) is 1.88. The van der Waals surface area contributed by atoms with Gasteiger partial charge in [0.15, 0.2) is 4.90 Å². The first-order valence-electron chi connectivity index (χ1n) is 12.8. The second kappa shape index (κ2) is 13.8. The molecule has 41 heavy (non-hydrogen) atoms. The van der Waals surface area contributed by atoms with E-state index in [9.17, 15) is 26.8 Å². The maximum atomic E-state index is 14.3. The van der Waals surface area contributed by atoms with Crippen LogP contribution in [0.4, 0.5) is 8.78 Å². The van der Waals surface area contributed by atoms with Crippen LogP contribution in [-0.2, 0) is 32.4 Å². The van der Waals surface area contributed by atoms with Crippen LogP contribution in [0, 0.1) is 11.6 Å². The minimum atomic E-state index is -4.80. The van der Waals surface area contributed by atoms with E-state index in [1.807, 2.05) is 30.3 Å². The van der Waals surface area contributed by atoms with Crippen molar-refractivity contribution in [3.63, 3.8) is 0 Å². The Morgan fingerprint density at radius 2 is 1.22 bits per heavy atom. The van der Waals surface area contributed by atoms with Gasteiger partial charge < -0.3 is 10.1 Å².